The Morgan fingerprint density at radius 1 is 0.778 bits per heavy atom. The monoisotopic (exact) mass is 483 g/mol. The third-order valence-electron chi connectivity index (χ3n) is 5.91. The van der Waals surface area contributed by atoms with E-state index in [9.17, 15) is 9.59 Å². The number of methoxy groups -OCH3 is 2. The number of para-hydroxylation sites is 1. The van der Waals surface area contributed by atoms with Crippen LogP contribution in [0.5, 0.6) is 23.0 Å². The Kier molecular flexibility index (Phi) is 7.85. The van der Waals surface area contributed by atoms with E-state index in [2.05, 4.69) is 5.32 Å². The molecule has 0 fully saturated rings. The van der Waals surface area contributed by atoms with Crippen molar-refractivity contribution in [2.75, 3.05) is 26.1 Å². The average molecular weight is 484 g/mol. The molecule has 0 aliphatic carbocycles. The van der Waals surface area contributed by atoms with Crippen molar-refractivity contribution in [3.63, 3.8) is 0 Å². The maximum atomic E-state index is 12.4. The SMILES string of the molecule is COc1cc2cccc(Oc3ccc(CC(=O)CC(=O)CNc4ccccc4C)cc3)c2cc1OC. The number of nitrogens with one attached hydrogen (secondary N) is 1. The lowest BCUT2D eigenvalue weighted by Crippen LogP contribution is -2.18. The second-order valence-electron chi connectivity index (χ2n) is 8.53. The van der Waals surface area contributed by atoms with Crippen LogP contribution >= 0.6 is 0 Å². The maximum absolute atomic E-state index is 12.4. The number of hydrogen-bond acceptors (Lipinski definition) is 6. The van der Waals surface area contributed by atoms with Gasteiger partial charge in [-0.25, -0.2) is 0 Å². The van der Waals surface area contributed by atoms with Crippen LogP contribution in [0.2, 0.25) is 0 Å². The van der Waals surface area contributed by atoms with Crippen molar-refractivity contribution in [2.45, 2.75) is 19.8 Å². The van der Waals surface area contributed by atoms with Gasteiger partial charge < -0.3 is 19.5 Å². The van der Waals surface area contributed by atoms with Crippen molar-refractivity contribution in [1.29, 1.82) is 0 Å². The van der Waals surface area contributed by atoms with E-state index >= 15 is 0 Å². The number of fused-ring (bicyclic) bond motifs is 1. The molecule has 0 bridgehead atoms. The topological polar surface area (TPSA) is 73.9 Å². The van der Waals surface area contributed by atoms with Gasteiger partial charge in [0.25, 0.3) is 0 Å². The minimum absolute atomic E-state index is 0.0988. The van der Waals surface area contributed by atoms with Gasteiger partial charge in [-0.1, -0.05) is 42.5 Å². The smallest absolute Gasteiger partial charge is 0.161 e. The zero-order chi connectivity index (χ0) is 25.5. The van der Waals surface area contributed by atoms with Crippen LogP contribution in [0, 0.1) is 6.92 Å². The predicted octanol–water partition coefficient (Wildman–Crippen LogP) is 6.14. The fourth-order valence-corrected chi connectivity index (χ4v) is 4.00. The summed E-state index contributed by atoms with van der Waals surface area (Å²) in [6.07, 6.45) is 0.0973. The van der Waals surface area contributed by atoms with Crippen molar-refractivity contribution < 1.29 is 23.8 Å². The Hall–Kier alpha value is -4.32. The van der Waals surface area contributed by atoms with Crippen LogP contribution in [0.25, 0.3) is 10.8 Å². The average Bonchev–Trinajstić information content (AvgIpc) is 2.88. The van der Waals surface area contributed by atoms with Crippen molar-refractivity contribution in [1.82, 2.24) is 0 Å². The third kappa shape index (κ3) is 6.02. The molecule has 184 valence electrons. The first-order chi connectivity index (χ1) is 17.5. The molecule has 0 aliphatic rings. The van der Waals surface area contributed by atoms with Crippen LogP contribution < -0.4 is 19.5 Å². The fraction of sp³-hybridized carbons (Fsp3) is 0.200. The molecule has 4 aromatic rings. The lowest BCUT2D eigenvalue weighted by molar-refractivity contribution is -0.125. The largest absolute Gasteiger partial charge is 0.493 e. The molecule has 0 atom stereocenters. The van der Waals surface area contributed by atoms with Gasteiger partial charge in [0, 0.05) is 17.5 Å². The molecular weight excluding hydrogens is 454 g/mol. The number of anilines is 1. The molecule has 0 spiro atoms. The Morgan fingerprint density at radius 3 is 2.22 bits per heavy atom. The Morgan fingerprint density at radius 2 is 1.50 bits per heavy atom. The second kappa shape index (κ2) is 11.4. The van der Waals surface area contributed by atoms with Gasteiger partial charge >= 0.3 is 0 Å². The molecule has 0 radical (unpaired) electrons. The van der Waals surface area contributed by atoms with Crippen molar-refractivity contribution >= 4 is 28.0 Å². The highest BCUT2D eigenvalue weighted by Crippen LogP contribution is 2.37. The predicted molar refractivity (Wildman–Crippen MR) is 142 cm³/mol. The number of ketones is 2. The zero-order valence-corrected chi connectivity index (χ0v) is 20.7. The van der Waals surface area contributed by atoms with Gasteiger partial charge in [-0.05, 0) is 59.8 Å². The van der Waals surface area contributed by atoms with E-state index in [0.717, 1.165) is 27.6 Å². The van der Waals surface area contributed by atoms with Crippen LogP contribution in [0.1, 0.15) is 17.5 Å². The van der Waals surface area contributed by atoms with Crippen LogP contribution in [0.4, 0.5) is 5.69 Å². The Bertz CT molecular complexity index is 1380. The van der Waals surface area contributed by atoms with Gasteiger partial charge in [0.05, 0.1) is 27.2 Å². The van der Waals surface area contributed by atoms with E-state index in [0.29, 0.717) is 23.0 Å². The van der Waals surface area contributed by atoms with E-state index < -0.39 is 0 Å². The van der Waals surface area contributed by atoms with Gasteiger partial charge in [-0.2, -0.15) is 0 Å². The van der Waals surface area contributed by atoms with E-state index in [-0.39, 0.29) is 31.0 Å². The van der Waals surface area contributed by atoms with Gasteiger partial charge in [0.1, 0.15) is 17.3 Å². The molecule has 36 heavy (non-hydrogen) atoms. The standard InChI is InChI=1S/C30H29NO5/c1-20-7-4-5-9-27(20)31-19-24(33)17-23(32)15-21-11-13-25(14-12-21)36-28-10-6-8-22-16-29(34-2)30(35-3)18-26(22)28/h4-14,16,18,31H,15,17,19H2,1-3H3. The quantitative estimate of drug-likeness (QED) is 0.258. The van der Waals surface area contributed by atoms with Crippen LogP contribution in [-0.2, 0) is 16.0 Å². The van der Waals surface area contributed by atoms with Gasteiger partial charge in [0.15, 0.2) is 17.3 Å². The first-order valence-corrected chi connectivity index (χ1v) is 11.7. The summed E-state index contributed by atoms with van der Waals surface area (Å²) in [5.74, 6) is 2.36. The first kappa shape index (κ1) is 24.8. The molecule has 1 N–H and O–H groups in total. The van der Waals surface area contributed by atoms with Crippen molar-refractivity contribution in [3.05, 3.63) is 90.0 Å². The highest BCUT2D eigenvalue weighted by atomic mass is 16.5. The normalized spacial score (nSPS) is 10.6. The number of Topliss-reactive ketones (excluding diaryl/α,β-unsaturated/α-hetero) is 2. The third-order valence-corrected chi connectivity index (χ3v) is 5.91. The van der Waals surface area contributed by atoms with Gasteiger partial charge in [-0.15, -0.1) is 0 Å². The molecule has 0 aromatic heterocycles. The number of rotatable bonds is 11. The Balaban J connectivity index is 1.36. The molecule has 4 rings (SSSR count). The van der Waals surface area contributed by atoms with Crippen molar-refractivity contribution in [3.8, 4) is 23.0 Å². The number of ether oxygens (including phenoxy) is 3. The summed E-state index contributed by atoms with van der Waals surface area (Å²) in [4.78, 5) is 24.7. The highest BCUT2D eigenvalue weighted by molar-refractivity contribution is 6.01. The maximum Gasteiger partial charge on any atom is 0.161 e. The van der Waals surface area contributed by atoms with Crippen molar-refractivity contribution in [2.24, 2.45) is 0 Å². The van der Waals surface area contributed by atoms with Crippen LogP contribution in [0.15, 0.2) is 78.9 Å². The molecule has 6 nitrogen and oxygen atoms in total. The number of carbonyl (C=O) groups excluding carboxylic acids is 2. The molecular formula is C30H29NO5. The number of carbonyl (C=O) groups is 2. The molecule has 0 aliphatic heterocycles. The lowest BCUT2D eigenvalue weighted by atomic mass is 10.0. The molecule has 0 heterocycles. The fourth-order valence-electron chi connectivity index (χ4n) is 4.00. The molecule has 6 heteroatoms. The molecule has 4 aromatic carbocycles. The summed E-state index contributed by atoms with van der Waals surface area (Å²) in [6, 6.07) is 24.7. The summed E-state index contributed by atoms with van der Waals surface area (Å²) < 4.78 is 17.0. The summed E-state index contributed by atoms with van der Waals surface area (Å²) in [5, 5.41) is 4.97. The summed E-state index contributed by atoms with van der Waals surface area (Å²) >= 11 is 0. The summed E-state index contributed by atoms with van der Waals surface area (Å²) in [5.41, 5.74) is 2.79. The molecule has 0 saturated carbocycles. The molecule has 0 amide bonds. The summed E-state index contributed by atoms with van der Waals surface area (Å²) in [7, 11) is 3.20. The van der Waals surface area contributed by atoms with E-state index in [4.69, 9.17) is 14.2 Å². The van der Waals surface area contributed by atoms with E-state index in [1.54, 1.807) is 14.2 Å². The highest BCUT2D eigenvalue weighted by Gasteiger charge is 2.13. The van der Waals surface area contributed by atoms with Gasteiger partial charge in [-0.3, -0.25) is 9.59 Å². The van der Waals surface area contributed by atoms with E-state index in [1.165, 1.54) is 0 Å². The molecule has 0 saturated heterocycles. The minimum Gasteiger partial charge on any atom is -0.493 e. The summed E-state index contributed by atoms with van der Waals surface area (Å²) in [6.45, 7) is 2.10. The number of hydrogen-bond donors (Lipinski definition) is 1. The molecule has 0 unspecified atom stereocenters. The van der Waals surface area contributed by atoms with Crippen LogP contribution in [-0.4, -0.2) is 32.3 Å². The number of benzene rings is 4. The minimum atomic E-state index is -0.133. The zero-order valence-electron chi connectivity index (χ0n) is 20.7. The lowest BCUT2D eigenvalue weighted by Gasteiger charge is -2.13. The Labute approximate surface area is 210 Å². The first-order valence-electron chi connectivity index (χ1n) is 11.7. The van der Waals surface area contributed by atoms with Crippen LogP contribution in [0.3, 0.4) is 0 Å². The van der Waals surface area contributed by atoms with E-state index in [1.807, 2.05) is 85.8 Å². The van der Waals surface area contributed by atoms with Gasteiger partial charge in [0.2, 0.25) is 0 Å². The second-order valence-corrected chi connectivity index (χ2v) is 8.53. The number of aryl methyl sites for hydroxylation is 1.